The first-order valence-electron chi connectivity index (χ1n) is 8.21. The minimum absolute atomic E-state index is 0.472. The molecule has 0 N–H and O–H groups in total. The summed E-state index contributed by atoms with van der Waals surface area (Å²) in [5.41, 5.74) is 1.53. The molecule has 3 atom stereocenters. The van der Waals surface area contributed by atoms with E-state index in [-0.39, 0.29) is 0 Å². The van der Waals surface area contributed by atoms with Gasteiger partial charge in [0.1, 0.15) is 0 Å². The molecule has 0 heteroatoms. The first-order valence-corrected chi connectivity index (χ1v) is 8.21. The van der Waals surface area contributed by atoms with Gasteiger partial charge in [0.25, 0.3) is 0 Å². The first kappa shape index (κ1) is 14.4. The summed E-state index contributed by atoms with van der Waals surface area (Å²) >= 11 is 0. The zero-order chi connectivity index (χ0) is 13.6. The van der Waals surface area contributed by atoms with Crippen molar-refractivity contribution in [1.82, 2.24) is 0 Å². The van der Waals surface area contributed by atoms with Crippen LogP contribution in [-0.2, 0) is 0 Å². The highest BCUT2D eigenvalue weighted by Gasteiger charge is 2.55. The average molecular weight is 250 g/mol. The molecule has 2 aliphatic rings. The second-order valence-electron chi connectivity index (χ2n) is 8.75. The molecular weight excluding hydrogens is 216 g/mol. The second-order valence-corrected chi connectivity index (χ2v) is 8.75. The van der Waals surface area contributed by atoms with Gasteiger partial charge in [-0.25, -0.2) is 0 Å². The van der Waals surface area contributed by atoms with Crippen LogP contribution in [0.2, 0.25) is 0 Å². The molecule has 0 aromatic heterocycles. The van der Waals surface area contributed by atoms with Crippen LogP contribution in [0.5, 0.6) is 0 Å². The van der Waals surface area contributed by atoms with Gasteiger partial charge in [-0.15, -0.1) is 0 Å². The molecule has 2 fully saturated rings. The summed E-state index contributed by atoms with van der Waals surface area (Å²) in [5.74, 6) is 1.93. The molecule has 0 radical (unpaired) electrons. The molecule has 2 rings (SSSR count). The molecule has 0 spiro atoms. The van der Waals surface area contributed by atoms with E-state index in [1.54, 1.807) is 0 Å². The van der Waals surface area contributed by atoms with Gasteiger partial charge >= 0.3 is 0 Å². The molecule has 0 heterocycles. The second kappa shape index (κ2) is 4.53. The van der Waals surface area contributed by atoms with E-state index in [9.17, 15) is 0 Å². The van der Waals surface area contributed by atoms with Crippen molar-refractivity contribution in [2.75, 3.05) is 0 Å². The SMILES string of the molecule is CC1CCCC(C2(C)CCCC(C)(C)C2(C)C)C1. The van der Waals surface area contributed by atoms with Crippen molar-refractivity contribution in [3.05, 3.63) is 0 Å². The van der Waals surface area contributed by atoms with Crippen LogP contribution in [0, 0.1) is 28.1 Å². The highest BCUT2D eigenvalue weighted by atomic mass is 14.6. The number of hydrogen-bond donors (Lipinski definition) is 0. The molecule has 0 saturated heterocycles. The van der Waals surface area contributed by atoms with Gasteiger partial charge in [0.05, 0.1) is 0 Å². The Labute approximate surface area is 115 Å². The molecule has 18 heavy (non-hydrogen) atoms. The minimum atomic E-state index is 0.472. The zero-order valence-electron chi connectivity index (χ0n) is 13.6. The van der Waals surface area contributed by atoms with Gasteiger partial charge in [0, 0.05) is 0 Å². The Bertz CT molecular complexity index is 299. The summed E-state index contributed by atoms with van der Waals surface area (Å²) in [6.07, 6.45) is 10.2. The van der Waals surface area contributed by atoms with Gasteiger partial charge < -0.3 is 0 Å². The molecule has 2 aliphatic carbocycles. The van der Waals surface area contributed by atoms with E-state index in [1.165, 1.54) is 44.9 Å². The Kier molecular flexibility index (Phi) is 3.63. The number of rotatable bonds is 1. The Morgan fingerprint density at radius 1 is 0.833 bits per heavy atom. The third-order valence-corrected chi connectivity index (χ3v) is 7.46. The predicted molar refractivity (Wildman–Crippen MR) is 80.6 cm³/mol. The van der Waals surface area contributed by atoms with Gasteiger partial charge in [-0.3, -0.25) is 0 Å². The van der Waals surface area contributed by atoms with Gasteiger partial charge in [-0.05, 0) is 53.8 Å². The third kappa shape index (κ3) is 2.04. The molecule has 2 saturated carbocycles. The van der Waals surface area contributed by atoms with Crippen LogP contribution in [0.4, 0.5) is 0 Å². The van der Waals surface area contributed by atoms with Crippen LogP contribution in [0.1, 0.15) is 86.5 Å². The topological polar surface area (TPSA) is 0 Å². The number of hydrogen-bond acceptors (Lipinski definition) is 0. The van der Waals surface area contributed by atoms with E-state index in [0.29, 0.717) is 16.2 Å². The highest BCUT2D eigenvalue weighted by molar-refractivity contribution is 5.05. The predicted octanol–water partition coefficient (Wildman–Crippen LogP) is 6.06. The maximum Gasteiger partial charge on any atom is -0.0241 e. The van der Waals surface area contributed by atoms with Crippen molar-refractivity contribution >= 4 is 0 Å². The summed E-state index contributed by atoms with van der Waals surface area (Å²) < 4.78 is 0. The van der Waals surface area contributed by atoms with Gasteiger partial charge in [0.15, 0.2) is 0 Å². The lowest BCUT2D eigenvalue weighted by Gasteiger charge is -2.61. The lowest BCUT2D eigenvalue weighted by Crippen LogP contribution is -2.53. The van der Waals surface area contributed by atoms with Crippen molar-refractivity contribution < 1.29 is 0 Å². The summed E-state index contributed by atoms with van der Waals surface area (Å²) in [7, 11) is 0. The molecule has 0 aliphatic heterocycles. The Balaban J connectivity index is 2.27. The normalized spacial score (nSPS) is 43.7. The smallest absolute Gasteiger partial charge is 0.0241 e. The van der Waals surface area contributed by atoms with Gasteiger partial charge in [0.2, 0.25) is 0 Å². The largest absolute Gasteiger partial charge is 0.0625 e. The molecule has 0 amide bonds. The first-order chi connectivity index (χ1) is 8.21. The molecule has 106 valence electrons. The fraction of sp³-hybridized carbons (Fsp3) is 1.00. The van der Waals surface area contributed by atoms with E-state index in [0.717, 1.165) is 11.8 Å². The summed E-state index contributed by atoms with van der Waals surface area (Å²) in [6, 6.07) is 0. The third-order valence-electron chi connectivity index (χ3n) is 7.46. The van der Waals surface area contributed by atoms with Crippen LogP contribution < -0.4 is 0 Å². The molecule has 0 aromatic rings. The van der Waals surface area contributed by atoms with Crippen molar-refractivity contribution in [3.8, 4) is 0 Å². The fourth-order valence-corrected chi connectivity index (χ4v) is 5.02. The molecular formula is C18H34. The van der Waals surface area contributed by atoms with Gasteiger partial charge in [-0.1, -0.05) is 60.8 Å². The van der Waals surface area contributed by atoms with Crippen LogP contribution in [0.15, 0.2) is 0 Å². The lowest BCUT2D eigenvalue weighted by molar-refractivity contribution is -0.121. The monoisotopic (exact) mass is 250 g/mol. The summed E-state index contributed by atoms with van der Waals surface area (Å²) in [4.78, 5) is 0. The average Bonchev–Trinajstić information content (AvgIpc) is 2.26. The van der Waals surface area contributed by atoms with E-state index >= 15 is 0 Å². The van der Waals surface area contributed by atoms with Crippen molar-refractivity contribution in [1.29, 1.82) is 0 Å². The van der Waals surface area contributed by atoms with Gasteiger partial charge in [-0.2, -0.15) is 0 Å². The zero-order valence-corrected chi connectivity index (χ0v) is 13.6. The van der Waals surface area contributed by atoms with Crippen LogP contribution >= 0.6 is 0 Å². The summed E-state index contributed by atoms with van der Waals surface area (Å²) in [5, 5.41) is 0. The van der Waals surface area contributed by atoms with Crippen LogP contribution in [0.3, 0.4) is 0 Å². The quantitative estimate of drug-likeness (QED) is 0.531. The molecule has 3 unspecified atom stereocenters. The maximum absolute atomic E-state index is 2.62. The lowest BCUT2D eigenvalue weighted by atomic mass is 9.43. The van der Waals surface area contributed by atoms with E-state index in [2.05, 4.69) is 41.5 Å². The van der Waals surface area contributed by atoms with Crippen molar-refractivity contribution in [2.45, 2.75) is 86.5 Å². The molecule has 0 aromatic carbocycles. The Morgan fingerprint density at radius 2 is 1.50 bits per heavy atom. The maximum atomic E-state index is 2.62. The van der Waals surface area contributed by atoms with E-state index < -0.39 is 0 Å². The van der Waals surface area contributed by atoms with Crippen molar-refractivity contribution in [3.63, 3.8) is 0 Å². The summed E-state index contributed by atoms with van der Waals surface area (Å²) in [6.45, 7) is 15.2. The highest BCUT2D eigenvalue weighted by Crippen LogP contribution is 2.64. The Morgan fingerprint density at radius 3 is 2.11 bits per heavy atom. The minimum Gasteiger partial charge on any atom is -0.0625 e. The standard InChI is InChI=1S/C18H34/c1-14-9-7-10-15(13-14)18(6)12-8-11-16(2,3)17(18,4)5/h14-15H,7-13H2,1-6H3. The van der Waals surface area contributed by atoms with E-state index in [4.69, 9.17) is 0 Å². The van der Waals surface area contributed by atoms with Crippen molar-refractivity contribution in [2.24, 2.45) is 28.1 Å². The van der Waals surface area contributed by atoms with Crippen LogP contribution in [0.25, 0.3) is 0 Å². The molecule has 0 nitrogen and oxygen atoms in total. The Hall–Kier alpha value is 0. The van der Waals surface area contributed by atoms with E-state index in [1.807, 2.05) is 0 Å². The fourth-order valence-electron chi connectivity index (χ4n) is 5.02. The molecule has 0 bridgehead atoms. The van der Waals surface area contributed by atoms with Crippen LogP contribution in [-0.4, -0.2) is 0 Å².